The number of hydrogen-bond acceptors (Lipinski definition) is 2. The first-order chi connectivity index (χ1) is 6.93. The van der Waals surface area contributed by atoms with E-state index in [2.05, 4.69) is 4.74 Å². The summed E-state index contributed by atoms with van der Waals surface area (Å²) in [5.41, 5.74) is -1.85. The zero-order chi connectivity index (χ0) is 11.5. The molecule has 0 amide bonds. The lowest BCUT2D eigenvalue weighted by Crippen LogP contribution is -2.27. The molecule has 0 spiro atoms. The molecule has 0 aliphatic heterocycles. The van der Waals surface area contributed by atoms with Gasteiger partial charge < -0.3 is 4.74 Å². The van der Waals surface area contributed by atoms with Crippen molar-refractivity contribution in [1.82, 2.24) is 0 Å². The zero-order valence-electron chi connectivity index (χ0n) is 7.72. The number of rotatable bonds is 3. The van der Waals surface area contributed by atoms with Gasteiger partial charge in [0, 0.05) is 17.0 Å². The molecule has 0 radical (unpaired) electrons. The highest BCUT2D eigenvalue weighted by Gasteiger charge is 2.40. The molecule has 1 nitrogen and oxygen atoms in total. The van der Waals surface area contributed by atoms with E-state index in [4.69, 9.17) is 11.6 Å². The molecule has 0 aliphatic rings. The van der Waals surface area contributed by atoms with Crippen LogP contribution in [-0.4, -0.2) is 18.7 Å². The summed E-state index contributed by atoms with van der Waals surface area (Å²) in [5, 5.41) is 0.486. The van der Waals surface area contributed by atoms with Gasteiger partial charge in [0.05, 0.1) is 0 Å². The van der Waals surface area contributed by atoms with Crippen molar-refractivity contribution >= 4 is 23.4 Å². The monoisotopic (exact) mass is 256 g/mol. The minimum atomic E-state index is -4.38. The second-order valence-electron chi connectivity index (χ2n) is 2.68. The molecule has 84 valence electrons. The van der Waals surface area contributed by atoms with E-state index in [9.17, 15) is 13.2 Å². The largest absolute Gasteiger partial charge is 0.424 e. The summed E-state index contributed by atoms with van der Waals surface area (Å²) < 4.78 is 41.3. The van der Waals surface area contributed by atoms with Crippen LogP contribution in [0.25, 0.3) is 0 Å². The molecule has 1 aromatic rings. The fourth-order valence-corrected chi connectivity index (χ4v) is 1.78. The Bertz CT molecular complexity index is 312. The van der Waals surface area contributed by atoms with Gasteiger partial charge in [-0.1, -0.05) is 23.4 Å². The van der Waals surface area contributed by atoms with Gasteiger partial charge in [0.1, 0.15) is 0 Å². The van der Waals surface area contributed by atoms with Crippen molar-refractivity contribution in [3.63, 3.8) is 0 Å². The molecule has 1 atom stereocenters. The highest BCUT2D eigenvalue weighted by atomic mass is 35.5. The van der Waals surface area contributed by atoms with E-state index in [1.165, 1.54) is 24.3 Å². The molecule has 1 rings (SSSR count). The number of halogens is 4. The first-order valence-corrected chi connectivity index (χ1v) is 5.21. The maximum atomic E-state index is 12.3. The minimum Gasteiger partial charge on any atom is -0.361 e. The van der Waals surface area contributed by atoms with Crippen LogP contribution in [0.1, 0.15) is 0 Å². The summed E-state index contributed by atoms with van der Waals surface area (Å²) in [6.45, 7) is 0. The maximum Gasteiger partial charge on any atom is 0.424 e. The van der Waals surface area contributed by atoms with Crippen LogP contribution in [-0.2, 0) is 4.74 Å². The van der Waals surface area contributed by atoms with E-state index in [-0.39, 0.29) is 0 Å². The fraction of sp³-hybridized carbons (Fsp3) is 0.333. The van der Waals surface area contributed by atoms with Crippen molar-refractivity contribution in [2.45, 2.75) is 16.5 Å². The third-order valence-corrected chi connectivity index (χ3v) is 3.01. The summed E-state index contributed by atoms with van der Waals surface area (Å²) >= 11 is 6.21. The number of alkyl halides is 3. The van der Waals surface area contributed by atoms with Crippen molar-refractivity contribution in [3.8, 4) is 0 Å². The van der Waals surface area contributed by atoms with Crippen molar-refractivity contribution < 1.29 is 17.9 Å². The highest BCUT2D eigenvalue weighted by Crippen LogP contribution is 2.35. The van der Waals surface area contributed by atoms with Gasteiger partial charge in [0.15, 0.2) is 0 Å². The highest BCUT2D eigenvalue weighted by molar-refractivity contribution is 7.99. The van der Waals surface area contributed by atoms with Crippen LogP contribution >= 0.6 is 23.4 Å². The molecule has 0 saturated carbocycles. The Balaban J connectivity index is 2.71. The van der Waals surface area contributed by atoms with E-state index < -0.39 is 11.6 Å². The molecule has 0 aliphatic carbocycles. The Hall–Kier alpha value is -0.390. The van der Waals surface area contributed by atoms with E-state index in [1.54, 1.807) is 0 Å². The Morgan fingerprint density at radius 3 is 2.20 bits per heavy atom. The van der Waals surface area contributed by atoms with E-state index in [0.29, 0.717) is 21.7 Å². The molecule has 0 fully saturated rings. The summed E-state index contributed by atoms with van der Waals surface area (Å²) in [6, 6.07) is 6.11. The second-order valence-corrected chi connectivity index (χ2v) is 4.25. The third-order valence-electron chi connectivity index (χ3n) is 1.54. The number of hydrogen-bond donors (Lipinski definition) is 0. The summed E-state index contributed by atoms with van der Waals surface area (Å²) in [6.07, 6.45) is -4.38. The first kappa shape index (κ1) is 12.7. The van der Waals surface area contributed by atoms with Crippen LogP contribution in [0.4, 0.5) is 13.2 Å². The molecule has 1 aromatic carbocycles. The molecule has 1 unspecified atom stereocenters. The molecule has 0 aromatic heterocycles. The topological polar surface area (TPSA) is 9.23 Å². The normalized spacial score (nSPS) is 13.9. The molecule has 0 saturated heterocycles. The molecule has 0 N–H and O–H groups in total. The lowest BCUT2D eigenvalue weighted by atomic mass is 10.4. The zero-order valence-corrected chi connectivity index (χ0v) is 9.29. The number of thioether (sulfide) groups is 1. The summed E-state index contributed by atoms with van der Waals surface area (Å²) in [5.74, 6) is 0. The maximum absolute atomic E-state index is 12.3. The number of methoxy groups -OCH3 is 1. The van der Waals surface area contributed by atoms with Crippen LogP contribution in [0.5, 0.6) is 0 Å². The molecule has 15 heavy (non-hydrogen) atoms. The quantitative estimate of drug-likeness (QED) is 0.598. The van der Waals surface area contributed by atoms with Crippen LogP contribution in [0, 0.1) is 0 Å². The average Bonchev–Trinajstić information content (AvgIpc) is 2.15. The van der Waals surface area contributed by atoms with Crippen molar-refractivity contribution in [2.75, 3.05) is 7.11 Å². The van der Waals surface area contributed by atoms with Crippen LogP contribution in [0.3, 0.4) is 0 Å². The van der Waals surface area contributed by atoms with Gasteiger partial charge in [-0.05, 0) is 24.3 Å². The molecule has 6 heteroatoms. The van der Waals surface area contributed by atoms with Gasteiger partial charge >= 0.3 is 6.18 Å². The van der Waals surface area contributed by atoms with Gasteiger partial charge in [-0.3, -0.25) is 0 Å². The smallest absolute Gasteiger partial charge is 0.361 e. The van der Waals surface area contributed by atoms with Crippen LogP contribution in [0.2, 0.25) is 5.02 Å². The molecular weight excluding hydrogens is 249 g/mol. The standard InChI is InChI=1S/C9H8ClF3OS/c1-14-8(9(11,12)13)15-7-4-2-6(10)3-5-7/h2-5,8H,1H3. The predicted molar refractivity (Wildman–Crippen MR) is 54.2 cm³/mol. The van der Waals surface area contributed by atoms with Crippen LogP contribution < -0.4 is 0 Å². The van der Waals surface area contributed by atoms with Gasteiger partial charge in [-0.15, -0.1) is 0 Å². The molecule has 0 bridgehead atoms. The Morgan fingerprint density at radius 1 is 1.27 bits per heavy atom. The van der Waals surface area contributed by atoms with Gasteiger partial charge in [-0.2, -0.15) is 13.2 Å². The summed E-state index contributed by atoms with van der Waals surface area (Å²) in [4.78, 5) is 0.462. The average molecular weight is 257 g/mol. The first-order valence-electron chi connectivity index (χ1n) is 3.95. The third kappa shape index (κ3) is 3.93. The van der Waals surface area contributed by atoms with E-state index >= 15 is 0 Å². The van der Waals surface area contributed by atoms with Crippen molar-refractivity contribution in [3.05, 3.63) is 29.3 Å². The van der Waals surface area contributed by atoms with E-state index in [1.807, 2.05) is 0 Å². The van der Waals surface area contributed by atoms with Gasteiger partial charge in [0.2, 0.25) is 5.44 Å². The Kier molecular flexibility index (Phi) is 4.31. The lowest BCUT2D eigenvalue weighted by molar-refractivity contribution is -0.181. The molecule has 0 heterocycles. The Morgan fingerprint density at radius 2 is 1.80 bits per heavy atom. The molecular formula is C9H8ClF3OS. The minimum absolute atomic E-state index is 0.462. The Labute approximate surface area is 94.6 Å². The van der Waals surface area contributed by atoms with Crippen molar-refractivity contribution in [1.29, 1.82) is 0 Å². The SMILES string of the molecule is COC(Sc1ccc(Cl)cc1)C(F)(F)F. The summed E-state index contributed by atoms with van der Waals surface area (Å²) in [7, 11) is 1.03. The van der Waals surface area contributed by atoms with Gasteiger partial charge in [-0.25, -0.2) is 0 Å². The number of benzene rings is 1. The lowest BCUT2D eigenvalue weighted by Gasteiger charge is -2.17. The second kappa shape index (κ2) is 5.09. The van der Waals surface area contributed by atoms with Crippen LogP contribution in [0.15, 0.2) is 29.2 Å². The number of ether oxygens (including phenoxy) is 1. The van der Waals surface area contributed by atoms with Crippen molar-refractivity contribution in [2.24, 2.45) is 0 Å². The fourth-order valence-electron chi connectivity index (χ4n) is 0.885. The van der Waals surface area contributed by atoms with E-state index in [0.717, 1.165) is 7.11 Å². The predicted octanol–water partition coefficient (Wildman–Crippen LogP) is 3.97. The van der Waals surface area contributed by atoms with Gasteiger partial charge in [0.25, 0.3) is 0 Å².